The lowest BCUT2D eigenvalue weighted by Crippen LogP contribution is -2.22. The van der Waals surface area contributed by atoms with Crippen molar-refractivity contribution < 1.29 is 4.74 Å². The molecule has 1 heterocycles. The minimum absolute atomic E-state index is 0.444. The molecule has 2 rings (SSSR count). The van der Waals surface area contributed by atoms with Crippen LogP contribution in [0.3, 0.4) is 0 Å². The van der Waals surface area contributed by atoms with E-state index in [-0.39, 0.29) is 0 Å². The third-order valence-corrected chi connectivity index (χ3v) is 3.44. The molecule has 0 bridgehead atoms. The zero-order chi connectivity index (χ0) is 11.5. The minimum atomic E-state index is 0.444. The molecule has 0 saturated carbocycles. The van der Waals surface area contributed by atoms with Crippen LogP contribution in [0.25, 0.3) is 0 Å². The first-order valence-corrected chi connectivity index (χ1v) is 6.38. The van der Waals surface area contributed by atoms with E-state index in [4.69, 9.17) is 16.3 Å². The van der Waals surface area contributed by atoms with Gasteiger partial charge >= 0.3 is 0 Å². The zero-order valence-corrected chi connectivity index (χ0v) is 11.4. The second-order valence-electron chi connectivity index (χ2n) is 3.80. The van der Waals surface area contributed by atoms with Crippen LogP contribution in [-0.4, -0.2) is 26.2 Å². The highest BCUT2D eigenvalue weighted by Crippen LogP contribution is 2.36. The molecule has 1 atom stereocenters. The molecule has 0 spiro atoms. The van der Waals surface area contributed by atoms with E-state index >= 15 is 0 Å². The van der Waals surface area contributed by atoms with Gasteiger partial charge in [0.2, 0.25) is 0 Å². The van der Waals surface area contributed by atoms with Gasteiger partial charge in [0.15, 0.2) is 5.75 Å². The van der Waals surface area contributed by atoms with E-state index in [0.29, 0.717) is 11.1 Å². The number of hydrogen-bond acceptors (Lipinski definition) is 3. The summed E-state index contributed by atoms with van der Waals surface area (Å²) in [5.74, 6) is 0.802. The molecule has 0 amide bonds. The molecule has 0 aromatic heterocycles. The van der Waals surface area contributed by atoms with Gasteiger partial charge in [-0.2, -0.15) is 0 Å². The lowest BCUT2D eigenvalue weighted by Gasteiger charge is -2.17. The largest absolute Gasteiger partial charge is 0.493 e. The number of rotatable bonds is 3. The van der Waals surface area contributed by atoms with Crippen molar-refractivity contribution in [1.29, 1.82) is 0 Å². The van der Waals surface area contributed by atoms with Gasteiger partial charge in [-0.1, -0.05) is 11.6 Å². The Labute approximate surface area is 109 Å². The van der Waals surface area contributed by atoms with E-state index in [9.17, 15) is 0 Å². The van der Waals surface area contributed by atoms with Gasteiger partial charge in [0.05, 0.1) is 17.3 Å². The van der Waals surface area contributed by atoms with E-state index in [1.54, 1.807) is 7.11 Å². The van der Waals surface area contributed by atoms with Crippen LogP contribution < -0.4 is 15.4 Å². The van der Waals surface area contributed by atoms with Crippen molar-refractivity contribution >= 4 is 33.2 Å². The van der Waals surface area contributed by atoms with Crippen LogP contribution in [0.4, 0.5) is 5.69 Å². The normalized spacial score (nSPS) is 19.8. The summed E-state index contributed by atoms with van der Waals surface area (Å²) >= 11 is 9.47. The van der Waals surface area contributed by atoms with Gasteiger partial charge in [-0.05, 0) is 41.0 Å². The van der Waals surface area contributed by atoms with E-state index in [1.165, 1.54) is 0 Å². The average Bonchev–Trinajstić information content (AvgIpc) is 2.70. The third kappa shape index (κ3) is 2.62. The molecule has 1 aromatic carbocycles. The maximum absolute atomic E-state index is 6.02. The number of halogens is 2. The summed E-state index contributed by atoms with van der Waals surface area (Å²) in [5, 5.41) is 7.45. The van der Waals surface area contributed by atoms with Crippen LogP contribution in [0.15, 0.2) is 16.6 Å². The van der Waals surface area contributed by atoms with Gasteiger partial charge in [0.25, 0.3) is 0 Å². The summed E-state index contributed by atoms with van der Waals surface area (Å²) in [5.41, 5.74) is 0.940. The average molecular weight is 306 g/mol. The maximum Gasteiger partial charge on any atom is 0.156 e. The molecular weight excluding hydrogens is 291 g/mol. The molecule has 1 saturated heterocycles. The summed E-state index contributed by atoms with van der Waals surface area (Å²) in [6, 6.07) is 4.17. The SMILES string of the molecule is COc1c(Br)cc(Cl)cc1NC1CCNC1. The lowest BCUT2D eigenvalue weighted by atomic mass is 10.2. The Bertz CT molecular complexity index is 380. The van der Waals surface area contributed by atoms with Crippen LogP contribution in [0.1, 0.15) is 6.42 Å². The van der Waals surface area contributed by atoms with E-state index in [1.807, 2.05) is 12.1 Å². The quantitative estimate of drug-likeness (QED) is 0.901. The summed E-state index contributed by atoms with van der Waals surface area (Å²) < 4.78 is 6.22. The monoisotopic (exact) mass is 304 g/mol. The van der Waals surface area contributed by atoms with Crippen molar-refractivity contribution in [2.24, 2.45) is 0 Å². The zero-order valence-electron chi connectivity index (χ0n) is 9.02. The molecule has 3 nitrogen and oxygen atoms in total. The highest BCUT2D eigenvalue weighted by Gasteiger charge is 2.17. The van der Waals surface area contributed by atoms with Gasteiger partial charge < -0.3 is 15.4 Å². The van der Waals surface area contributed by atoms with Crippen molar-refractivity contribution in [2.75, 3.05) is 25.5 Å². The Morgan fingerprint density at radius 1 is 1.56 bits per heavy atom. The van der Waals surface area contributed by atoms with Gasteiger partial charge in [-0.3, -0.25) is 0 Å². The molecule has 2 N–H and O–H groups in total. The van der Waals surface area contributed by atoms with Crippen LogP contribution in [0.5, 0.6) is 5.75 Å². The van der Waals surface area contributed by atoms with Gasteiger partial charge in [-0.25, -0.2) is 0 Å². The number of benzene rings is 1. The first-order valence-electron chi connectivity index (χ1n) is 5.21. The smallest absolute Gasteiger partial charge is 0.156 e. The molecule has 1 fully saturated rings. The number of ether oxygens (including phenoxy) is 1. The molecule has 88 valence electrons. The van der Waals surface area contributed by atoms with Crippen LogP contribution >= 0.6 is 27.5 Å². The second-order valence-corrected chi connectivity index (χ2v) is 5.09. The number of nitrogens with one attached hydrogen (secondary N) is 2. The van der Waals surface area contributed by atoms with Gasteiger partial charge in [0.1, 0.15) is 0 Å². The predicted molar refractivity (Wildman–Crippen MR) is 70.6 cm³/mol. The Hall–Kier alpha value is -0.450. The summed E-state index contributed by atoms with van der Waals surface area (Å²) in [4.78, 5) is 0. The molecule has 1 aliphatic heterocycles. The van der Waals surface area contributed by atoms with Gasteiger partial charge in [-0.15, -0.1) is 0 Å². The summed E-state index contributed by atoms with van der Waals surface area (Å²) in [7, 11) is 1.66. The Balaban J connectivity index is 2.23. The lowest BCUT2D eigenvalue weighted by molar-refractivity contribution is 0.413. The van der Waals surface area contributed by atoms with Crippen molar-refractivity contribution in [3.63, 3.8) is 0 Å². The first kappa shape index (κ1) is 12.0. The molecule has 16 heavy (non-hydrogen) atoms. The number of methoxy groups -OCH3 is 1. The predicted octanol–water partition coefficient (Wildman–Crippen LogP) is 2.88. The molecule has 0 aliphatic carbocycles. The fourth-order valence-corrected chi connectivity index (χ4v) is 2.84. The molecule has 5 heteroatoms. The van der Waals surface area contributed by atoms with Crippen LogP contribution in [0.2, 0.25) is 5.02 Å². The highest BCUT2D eigenvalue weighted by atomic mass is 79.9. The van der Waals surface area contributed by atoms with Gasteiger partial charge in [0, 0.05) is 17.6 Å². The molecule has 0 radical (unpaired) electrons. The van der Waals surface area contributed by atoms with Crippen molar-refractivity contribution in [2.45, 2.75) is 12.5 Å². The summed E-state index contributed by atoms with van der Waals surface area (Å²) in [6.45, 7) is 2.04. The second kappa shape index (κ2) is 5.25. The maximum atomic E-state index is 6.02. The summed E-state index contributed by atoms with van der Waals surface area (Å²) in [6.07, 6.45) is 1.12. The highest BCUT2D eigenvalue weighted by molar-refractivity contribution is 9.10. The van der Waals surface area contributed by atoms with E-state index < -0.39 is 0 Å². The Morgan fingerprint density at radius 2 is 2.38 bits per heavy atom. The topological polar surface area (TPSA) is 33.3 Å². The minimum Gasteiger partial charge on any atom is -0.493 e. The molecule has 1 aliphatic rings. The Kier molecular flexibility index (Phi) is 3.95. The fraction of sp³-hybridized carbons (Fsp3) is 0.455. The number of hydrogen-bond donors (Lipinski definition) is 2. The number of anilines is 1. The fourth-order valence-electron chi connectivity index (χ4n) is 1.87. The molecular formula is C11H14BrClN2O. The first-order chi connectivity index (χ1) is 7.70. The molecule has 1 unspecified atom stereocenters. The van der Waals surface area contributed by atoms with Crippen molar-refractivity contribution in [1.82, 2.24) is 5.32 Å². The van der Waals surface area contributed by atoms with Crippen LogP contribution in [0, 0.1) is 0 Å². The third-order valence-electron chi connectivity index (χ3n) is 2.63. The Morgan fingerprint density at radius 3 is 3.00 bits per heavy atom. The van der Waals surface area contributed by atoms with Crippen molar-refractivity contribution in [3.8, 4) is 5.75 Å². The van der Waals surface area contributed by atoms with E-state index in [0.717, 1.165) is 35.4 Å². The standard InChI is InChI=1S/C11H14BrClN2O/c1-16-11-9(12)4-7(13)5-10(11)15-8-2-3-14-6-8/h4-5,8,14-15H,2-3,6H2,1H3. The van der Waals surface area contributed by atoms with Crippen LogP contribution in [-0.2, 0) is 0 Å². The van der Waals surface area contributed by atoms with Crippen molar-refractivity contribution in [3.05, 3.63) is 21.6 Å². The molecule has 1 aromatic rings. The van der Waals surface area contributed by atoms with E-state index in [2.05, 4.69) is 26.6 Å².